The second kappa shape index (κ2) is 10.1. The molecule has 218 valence electrons. The fourth-order valence-electron chi connectivity index (χ4n) is 7.37. The van der Waals surface area contributed by atoms with Gasteiger partial charge >= 0.3 is 0 Å². The van der Waals surface area contributed by atoms with Crippen LogP contribution in [0.15, 0.2) is 152 Å². The fraction of sp³-hybridized carbons (Fsp3) is 0.0698. The zero-order valence-electron chi connectivity index (χ0n) is 25.8. The fourth-order valence-corrected chi connectivity index (χ4v) is 7.37. The molecule has 6 aromatic carbocycles. The number of rotatable bonds is 4. The summed E-state index contributed by atoms with van der Waals surface area (Å²) in [5.74, 6) is 0.756. The number of para-hydroxylation sites is 2. The van der Waals surface area contributed by atoms with Crippen molar-refractivity contribution in [1.29, 1.82) is 0 Å². The van der Waals surface area contributed by atoms with E-state index in [1.807, 2.05) is 18.2 Å². The third-order valence-corrected chi connectivity index (χ3v) is 9.62. The number of aromatic nitrogens is 3. The highest BCUT2D eigenvalue weighted by Crippen LogP contribution is 2.51. The van der Waals surface area contributed by atoms with Crippen LogP contribution in [-0.2, 0) is 5.41 Å². The van der Waals surface area contributed by atoms with Crippen LogP contribution in [0.5, 0.6) is 0 Å². The van der Waals surface area contributed by atoms with E-state index >= 15 is 0 Å². The van der Waals surface area contributed by atoms with Crippen LogP contribution in [0.2, 0.25) is 0 Å². The van der Waals surface area contributed by atoms with Gasteiger partial charge in [-0.25, -0.2) is 9.97 Å². The molecule has 46 heavy (non-hydrogen) atoms. The molecule has 3 nitrogen and oxygen atoms in total. The summed E-state index contributed by atoms with van der Waals surface area (Å²) in [5.41, 5.74) is 13.6. The van der Waals surface area contributed by atoms with Crippen molar-refractivity contribution >= 4 is 21.8 Å². The van der Waals surface area contributed by atoms with E-state index in [1.54, 1.807) is 0 Å². The van der Waals surface area contributed by atoms with E-state index in [2.05, 4.69) is 152 Å². The lowest BCUT2D eigenvalue weighted by molar-refractivity contribution is 0.658. The van der Waals surface area contributed by atoms with E-state index in [0.717, 1.165) is 34.0 Å². The lowest BCUT2D eigenvalue weighted by Crippen LogP contribution is -2.17. The van der Waals surface area contributed by atoms with Gasteiger partial charge in [0.25, 0.3) is 0 Å². The number of hydrogen-bond acceptors (Lipinski definition) is 2. The highest BCUT2D eigenvalue weighted by molar-refractivity contribution is 6.09. The molecule has 9 rings (SSSR count). The van der Waals surface area contributed by atoms with Gasteiger partial charge in [0.15, 0.2) is 5.82 Å². The minimum atomic E-state index is -0.211. The van der Waals surface area contributed by atoms with Crippen molar-refractivity contribution in [3.8, 4) is 50.7 Å². The maximum atomic E-state index is 5.24. The van der Waals surface area contributed by atoms with Gasteiger partial charge in [0.05, 0.1) is 22.4 Å². The Morgan fingerprint density at radius 2 is 0.978 bits per heavy atom. The molecule has 3 heteroatoms. The molecule has 8 aromatic rings. The molecule has 0 radical (unpaired) electrons. The predicted molar refractivity (Wildman–Crippen MR) is 190 cm³/mol. The lowest BCUT2D eigenvalue weighted by Gasteiger charge is -2.24. The molecule has 0 spiro atoms. The van der Waals surface area contributed by atoms with Gasteiger partial charge in [-0.15, -0.1) is 0 Å². The topological polar surface area (TPSA) is 30.7 Å². The van der Waals surface area contributed by atoms with Crippen LogP contribution in [0.25, 0.3) is 72.5 Å². The van der Waals surface area contributed by atoms with Crippen LogP contribution in [0.3, 0.4) is 0 Å². The zero-order valence-corrected chi connectivity index (χ0v) is 25.8. The van der Waals surface area contributed by atoms with Crippen LogP contribution in [-0.4, -0.2) is 14.5 Å². The molecule has 1 aliphatic carbocycles. The molecule has 0 atom stereocenters. The van der Waals surface area contributed by atoms with E-state index in [4.69, 9.17) is 9.97 Å². The number of fused-ring (bicyclic) bond motifs is 6. The molecule has 0 saturated carbocycles. The van der Waals surface area contributed by atoms with Gasteiger partial charge in [-0.1, -0.05) is 141 Å². The summed E-state index contributed by atoms with van der Waals surface area (Å²) in [6.07, 6.45) is 0. The summed E-state index contributed by atoms with van der Waals surface area (Å²) in [5, 5.41) is 2.55. The molecule has 0 saturated heterocycles. The largest absolute Gasteiger partial charge is 0.309 e. The van der Waals surface area contributed by atoms with Gasteiger partial charge in [-0.3, -0.25) is 0 Å². The highest BCUT2D eigenvalue weighted by atomic mass is 15.0. The molecule has 2 heterocycles. The molecule has 1 aliphatic rings. The average Bonchev–Trinajstić information content (AvgIpc) is 3.57. The third-order valence-electron chi connectivity index (χ3n) is 9.62. The van der Waals surface area contributed by atoms with E-state index < -0.39 is 0 Å². The van der Waals surface area contributed by atoms with Crippen molar-refractivity contribution < 1.29 is 0 Å². The van der Waals surface area contributed by atoms with Crippen molar-refractivity contribution in [2.75, 3.05) is 0 Å². The Balaban J connectivity index is 1.12. The summed E-state index contributed by atoms with van der Waals surface area (Å²) in [6.45, 7) is 4.58. The second-order valence-corrected chi connectivity index (χ2v) is 12.6. The Morgan fingerprint density at radius 3 is 1.65 bits per heavy atom. The van der Waals surface area contributed by atoms with Crippen molar-refractivity contribution in [3.05, 3.63) is 163 Å². The van der Waals surface area contributed by atoms with Crippen molar-refractivity contribution in [2.45, 2.75) is 19.3 Å². The van der Waals surface area contributed by atoms with Crippen molar-refractivity contribution in [1.82, 2.24) is 14.5 Å². The molecule has 0 aliphatic heterocycles. The second-order valence-electron chi connectivity index (χ2n) is 12.6. The summed E-state index contributed by atoms with van der Waals surface area (Å²) < 4.78 is 2.36. The normalized spacial score (nSPS) is 13.2. The smallest absolute Gasteiger partial charge is 0.160 e. The van der Waals surface area contributed by atoms with Gasteiger partial charge < -0.3 is 4.57 Å². The quantitative estimate of drug-likeness (QED) is 0.204. The Labute approximate surface area is 268 Å². The van der Waals surface area contributed by atoms with Crippen LogP contribution in [0.4, 0.5) is 0 Å². The molecular weight excluding hydrogens is 558 g/mol. The van der Waals surface area contributed by atoms with E-state index in [-0.39, 0.29) is 5.41 Å². The summed E-state index contributed by atoms with van der Waals surface area (Å²) in [7, 11) is 0. The maximum absolute atomic E-state index is 5.24. The number of nitrogens with zero attached hydrogens (tertiary/aromatic N) is 3. The Kier molecular flexibility index (Phi) is 5.85. The van der Waals surface area contributed by atoms with Gasteiger partial charge in [-0.05, 0) is 41.0 Å². The first-order chi connectivity index (χ1) is 22.6. The molecule has 0 amide bonds. The number of benzene rings is 6. The SMILES string of the molecule is CC1(C)c2ccccc2-c2nc(-c3ccccc3)nc(-c3ccc(-c4ccc(-n5c6ccccc6c6ccccc65)cc4)cc3)c21. The highest BCUT2D eigenvalue weighted by Gasteiger charge is 2.39. The molecule has 2 aromatic heterocycles. The molecule has 0 fully saturated rings. The van der Waals surface area contributed by atoms with Crippen LogP contribution in [0.1, 0.15) is 25.0 Å². The van der Waals surface area contributed by atoms with Crippen molar-refractivity contribution in [3.63, 3.8) is 0 Å². The minimum Gasteiger partial charge on any atom is -0.309 e. The van der Waals surface area contributed by atoms with Gasteiger partial charge in [0.1, 0.15) is 0 Å². The molecule has 0 bridgehead atoms. The lowest BCUT2D eigenvalue weighted by atomic mass is 9.80. The van der Waals surface area contributed by atoms with Crippen LogP contribution >= 0.6 is 0 Å². The molecule has 0 unspecified atom stereocenters. The first-order valence-electron chi connectivity index (χ1n) is 15.9. The number of hydrogen-bond donors (Lipinski definition) is 0. The van der Waals surface area contributed by atoms with Crippen LogP contribution in [0, 0.1) is 0 Å². The predicted octanol–water partition coefficient (Wildman–Crippen LogP) is 10.9. The first-order valence-corrected chi connectivity index (χ1v) is 15.9. The Morgan fingerprint density at radius 1 is 0.457 bits per heavy atom. The van der Waals surface area contributed by atoms with E-state index in [0.29, 0.717) is 0 Å². The summed E-state index contributed by atoms with van der Waals surface area (Å²) in [4.78, 5) is 10.4. The third kappa shape index (κ3) is 3.98. The van der Waals surface area contributed by atoms with E-state index in [1.165, 1.54) is 49.6 Å². The monoisotopic (exact) mass is 589 g/mol. The first kappa shape index (κ1) is 26.6. The standard InChI is InChI=1S/C43H31N3/c1-43(2)36-17-9-6-16-35(36)41-39(43)40(44-42(45-41)31-12-4-3-5-13-31)30-22-20-28(21-23-30)29-24-26-32(27-25-29)46-37-18-10-7-14-33(37)34-15-8-11-19-38(34)46/h3-27H,1-2H3. The minimum absolute atomic E-state index is 0.211. The van der Waals surface area contributed by atoms with Gasteiger partial charge in [0, 0.05) is 44.1 Å². The summed E-state index contributed by atoms with van der Waals surface area (Å²) in [6, 6.07) is 54.0. The molecule has 0 N–H and O–H groups in total. The average molecular weight is 590 g/mol. The Bertz CT molecular complexity index is 2360. The zero-order chi connectivity index (χ0) is 30.8. The van der Waals surface area contributed by atoms with Gasteiger partial charge in [-0.2, -0.15) is 0 Å². The molecular formula is C43H31N3. The van der Waals surface area contributed by atoms with E-state index in [9.17, 15) is 0 Å². The summed E-state index contributed by atoms with van der Waals surface area (Å²) >= 11 is 0. The Hall–Kier alpha value is -5.80. The maximum Gasteiger partial charge on any atom is 0.160 e. The van der Waals surface area contributed by atoms with Crippen LogP contribution < -0.4 is 0 Å². The van der Waals surface area contributed by atoms with Gasteiger partial charge in [0.2, 0.25) is 0 Å². The van der Waals surface area contributed by atoms with Crippen molar-refractivity contribution in [2.24, 2.45) is 0 Å².